The third kappa shape index (κ3) is 6.54. The lowest BCUT2D eigenvalue weighted by molar-refractivity contribution is -0.160. The van der Waals surface area contributed by atoms with Crippen molar-refractivity contribution in [3.8, 4) is 0 Å². The van der Waals surface area contributed by atoms with Crippen molar-refractivity contribution >= 4 is 17.9 Å². The topological polar surface area (TPSA) is 97.0 Å². The predicted octanol–water partition coefficient (Wildman–Crippen LogP) is -0.658. The summed E-state index contributed by atoms with van der Waals surface area (Å²) in [5.41, 5.74) is 0. The molecule has 1 aliphatic heterocycles. The molecule has 1 unspecified atom stereocenters. The number of carbonyl (C=O) groups is 3. The third-order valence-corrected chi connectivity index (χ3v) is 2.91. The number of rotatable bonds is 5. The van der Waals surface area contributed by atoms with Crippen LogP contribution in [0.3, 0.4) is 0 Å². The monoisotopic (exact) mass is 301 g/mol. The van der Waals surface area contributed by atoms with Gasteiger partial charge in [-0.3, -0.25) is 15.0 Å². The van der Waals surface area contributed by atoms with E-state index in [0.29, 0.717) is 25.6 Å². The highest BCUT2D eigenvalue weighted by atomic mass is 16.6. The number of imide groups is 1. The second-order valence-corrected chi connectivity index (χ2v) is 5.27. The molecule has 0 saturated carbocycles. The van der Waals surface area contributed by atoms with Gasteiger partial charge in [-0.05, 0) is 5.92 Å². The van der Waals surface area contributed by atoms with Crippen LogP contribution in [0.2, 0.25) is 0 Å². The normalized spacial score (nSPS) is 19.1. The number of carbonyl (C=O) groups excluding carboxylic acids is 3. The first kappa shape index (κ1) is 17.4. The number of esters is 1. The van der Waals surface area contributed by atoms with Gasteiger partial charge in [0.15, 0.2) is 6.10 Å². The summed E-state index contributed by atoms with van der Waals surface area (Å²) in [7, 11) is 1.29. The summed E-state index contributed by atoms with van der Waals surface area (Å²) >= 11 is 0. The number of hydrogen-bond donors (Lipinski definition) is 2. The van der Waals surface area contributed by atoms with E-state index in [1.807, 2.05) is 13.8 Å². The van der Waals surface area contributed by atoms with E-state index >= 15 is 0 Å². The molecule has 1 fully saturated rings. The summed E-state index contributed by atoms with van der Waals surface area (Å²) in [6.07, 6.45) is -0.689. The molecule has 8 heteroatoms. The summed E-state index contributed by atoms with van der Waals surface area (Å²) in [6.45, 7) is 5.59. The summed E-state index contributed by atoms with van der Waals surface area (Å²) in [6, 6.07) is -0.508. The standard InChI is InChI=1S/C13H23N3O5/c1-9(2)6-14-13(19)15-11(17)8-16-4-5-21-10(7-16)12(18)20-3/h9-10H,4-8H2,1-3H3,(H2,14,15,17,19). The summed E-state index contributed by atoms with van der Waals surface area (Å²) in [4.78, 5) is 36.3. The zero-order valence-electron chi connectivity index (χ0n) is 12.7. The fourth-order valence-electron chi connectivity index (χ4n) is 1.83. The maximum absolute atomic E-state index is 11.7. The Morgan fingerprint density at radius 2 is 2.10 bits per heavy atom. The molecule has 120 valence electrons. The lowest BCUT2D eigenvalue weighted by atomic mass is 10.2. The molecule has 0 aromatic heterocycles. The summed E-state index contributed by atoms with van der Waals surface area (Å²) in [5, 5.41) is 4.85. The largest absolute Gasteiger partial charge is 0.467 e. The fourth-order valence-corrected chi connectivity index (χ4v) is 1.83. The predicted molar refractivity (Wildman–Crippen MR) is 74.6 cm³/mol. The molecule has 1 heterocycles. The quantitative estimate of drug-likeness (QED) is 0.655. The van der Waals surface area contributed by atoms with Gasteiger partial charge in [0.25, 0.3) is 0 Å². The van der Waals surface area contributed by atoms with Crippen LogP contribution in [-0.2, 0) is 19.1 Å². The van der Waals surface area contributed by atoms with Gasteiger partial charge < -0.3 is 14.8 Å². The highest BCUT2D eigenvalue weighted by Gasteiger charge is 2.28. The summed E-state index contributed by atoms with van der Waals surface area (Å²) < 4.78 is 9.87. The van der Waals surface area contributed by atoms with Gasteiger partial charge in [-0.1, -0.05) is 13.8 Å². The molecule has 1 saturated heterocycles. The van der Waals surface area contributed by atoms with Crippen molar-refractivity contribution in [3.05, 3.63) is 0 Å². The minimum absolute atomic E-state index is 0.0337. The van der Waals surface area contributed by atoms with E-state index in [1.54, 1.807) is 4.90 Å². The van der Waals surface area contributed by atoms with Crippen LogP contribution in [0.4, 0.5) is 4.79 Å². The maximum atomic E-state index is 11.7. The van der Waals surface area contributed by atoms with Crippen molar-refractivity contribution in [2.75, 3.05) is 39.9 Å². The van der Waals surface area contributed by atoms with E-state index in [4.69, 9.17) is 4.74 Å². The number of morpholine rings is 1. The van der Waals surface area contributed by atoms with Crippen LogP contribution in [-0.4, -0.2) is 68.8 Å². The highest BCUT2D eigenvalue weighted by molar-refractivity contribution is 5.95. The Hall–Kier alpha value is -1.67. The van der Waals surface area contributed by atoms with Crippen molar-refractivity contribution in [2.45, 2.75) is 20.0 Å². The lowest BCUT2D eigenvalue weighted by Crippen LogP contribution is -2.51. The van der Waals surface area contributed by atoms with Crippen LogP contribution in [0.25, 0.3) is 0 Å². The fraction of sp³-hybridized carbons (Fsp3) is 0.769. The van der Waals surface area contributed by atoms with Crippen LogP contribution in [0.1, 0.15) is 13.8 Å². The second-order valence-electron chi connectivity index (χ2n) is 5.27. The van der Waals surface area contributed by atoms with E-state index in [0.717, 1.165) is 0 Å². The molecule has 3 amide bonds. The van der Waals surface area contributed by atoms with Gasteiger partial charge in [0.1, 0.15) is 0 Å². The number of urea groups is 1. The zero-order valence-corrected chi connectivity index (χ0v) is 12.7. The molecule has 2 N–H and O–H groups in total. The number of ether oxygens (including phenoxy) is 2. The van der Waals surface area contributed by atoms with Gasteiger partial charge >= 0.3 is 12.0 Å². The van der Waals surface area contributed by atoms with E-state index in [9.17, 15) is 14.4 Å². The number of amides is 3. The molecular formula is C13H23N3O5. The van der Waals surface area contributed by atoms with Crippen molar-refractivity contribution in [2.24, 2.45) is 5.92 Å². The molecule has 21 heavy (non-hydrogen) atoms. The van der Waals surface area contributed by atoms with Gasteiger partial charge in [0.2, 0.25) is 5.91 Å². The molecule has 1 atom stereocenters. The van der Waals surface area contributed by atoms with Gasteiger partial charge in [0.05, 0.1) is 20.3 Å². The van der Waals surface area contributed by atoms with Crippen molar-refractivity contribution in [1.82, 2.24) is 15.5 Å². The Bertz CT molecular complexity index is 386. The van der Waals surface area contributed by atoms with Crippen molar-refractivity contribution in [1.29, 1.82) is 0 Å². The van der Waals surface area contributed by atoms with Crippen molar-refractivity contribution in [3.63, 3.8) is 0 Å². The first-order valence-corrected chi connectivity index (χ1v) is 6.91. The average Bonchev–Trinajstić information content (AvgIpc) is 2.44. The molecule has 0 aliphatic carbocycles. The summed E-state index contributed by atoms with van der Waals surface area (Å²) in [5.74, 6) is -0.567. The van der Waals surface area contributed by atoms with Gasteiger partial charge in [0, 0.05) is 19.6 Å². The molecule has 0 aromatic rings. The van der Waals surface area contributed by atoms with E-state index in [2.05, 4.69) is 15.4 Å². The van der Waals surface area contributed by atoms with Gasteiger partial charge in [-0.15, -0.1) is 0 Å². The molecule has 0 spiro atoms. The molecule has 1 rings (SSSR count). The minimum Gasteiger partial charge on any atom is -0.467 e. The first-order valence-electron chi connectivity index (χ1n) is 6.91. The smallest absolute Gasteiger partial charge is 0.336 e. The van der Waals surface area contributed by atoms with Crippen LogP contribution < -0.4 is 10.6 Å². The molecule has 0 radical (unpaired) electrons. The van der Waals surface area contributed by atoms with Crippen LogP contribution in [0, 0.1) is 5.92 Å². The SMILES string of the molecule is COC(=O)C1CN(CC(=O)NC(=O)NCC(C)C)CCO1. The van der Waals surface area contributed by atoms with Gasteiger partial charge in [-0.25, -0.2) is 9.59 Å². The number of methoxy groups -OCH3 is 1. The molecule has 0 bridgehead atoms. The van der Waals surface area contributed by atoms with Crippen molar-refractivity contribution < 1.29 is 23.9 Å². The second kappa shape index (κ2) is 8.58. The Kier molecular flexibility index (Phi) is 7.10. The maximum Gasteiger partial charge on any atom is 0.336 e. The Labute approximate surface area is 124 Å². The van der Waals surface area contributed by atoms with Crippen LogP contribution >= 0.6 is 0 Å². The molecule has 0 aromatic carbocycles. The zero-order chi connectivity index (χ0) is 15.8. The van der Waals surface area contributed by atoms with Gasteiger partial charge in [-0.2, -0.15) is 0 Å². The first-order chi connectivity index (χ1) is 9.92. The molecule has 8 nitrogen and oxygen atoms in total. The average molecular weight is 301 g/mol. The number of nitrogens with one attached hydrogen (secondary N) is 2. The van der Waals surface area contributed by atoms with Crippen LogP contribution in [0.15, 0.2) is 0 Å². The highest BCUT2D eigenvalue weighted by Crippen LogP contribution is 2.06. The Morgan fingerprint density at radius 3 is 2.71 bits per heavy atom. The van der Waals surface area contributed by atoms with Crippen LogP contribution in [0.5, 0.6) is 0 Å². The molecular weight excluding hydrogens is 278 g/mol. The van der Waals surface area contributed by atoms with E-state index in [-0.39, 0.29) is 13.1 Å². The Morgan fingerprint density at radius 1 is 1.38 bits per heavy atom. The number of nitrogens with zero attached hydrogens (tertiary/aromatic N) is 1. The third-order valence-electron chi connectivity index (χ3n) is 2.91. The minimum atomic E-state index is -0.689. The Balaban J connectivity index is 2.33. The van der Waals surface area contributed by atoms with E-state index < -0.39 is 24.0 Å². The lowest BCUT2D eigenvalue weighted by Gasteiger charge is -2.30. The number of hydrogen-bond acceptors (Lipinski definition) is 6. The van der Waals surface area contributed by atoms with E-state index in [1.165, 1.54) is 7.11 Å². The molecule has 1 aliphatic rings.